The van der Waals surface area contributed by atoms with E-state index in [1.54, 1.807) is 0 Å². The van der Waals surface area contributed by atoms with E-state index < -0.39 is 17.7 Å². The van der Waals surface area contributed by atoms with Gasteiger partial charge < -0.3 is 10.4 Å². The molecule has 2 N–H and O–H groups in total. The molecule has 0 bridgehead atoms. The summed E-state index contributed by atoms with van der Waals surface area (Å²) in [6.07, 6.45) is 4.70. The lowest BCUT2D eigenvalue weighted by atomic mass is 10.1. The molecule has 7 heteroatoms. The van der Waals surface area contributed by atoms with E-state index in [2.05, 4.69) is 10.3 Å². The number of rotatable bonds is 3. The summed E-state index contributed by atoms with van der Waals surface area (Å²) in [7, 11) is 0. The van der Waals surface area contributed by atoms with Crippen molar-refractivity contribution in [2.24, 2.45) is 0 Å². The normalized spacial score (nSPS) is 13.0. The van der Waals surface area contributed by atoms with Gasteiger partial charge in [-0.05, 0) is 30.9 Å². The highest BCUT2D eigenvalue weighted by Gasteiger charge is 2.27. The van der Waals surface area contributed by atoms with E-state index in [9.17, 15) is 19.1 Å². The van der Waals surface area contributed by atoms with Gasteiger partial charge in [-0.1, -0.05) is 0 Å². The average molecular weight is 306 g/mol. The second-order valence-corrected chi connectivity index (χ2v) is 5.78. The number of aromatic nitrogens is 1. The van der Waals surface area contributed by atoms with Gasteiger partial charge in [0, 0.05) is 11.1 Å². The number of pyridine rings is 1. The van der Waals surface area contributed by atoms with Crippen LogP contribution in [0, 0.1) is 5.82 Å². The van der Waals surface area contributed by atoms with Gasteiger partial charge in [-0.15, -0.1) is 11.3 Å². The number of nitrogens with zero attached hydrogens (tertiary/aromatic N) is 1. The van der Waals surface area contributed by atoms with Crippen molar-refractivity contribution in [2.45, 2.75) is 19.3 Å². The summed E-state index contributed by atoms with van der Waals surface area (Å²) in [5.41, 5.74) is 0.767. The number of thiophene rings is 1. The molecule has 0 atom stereocenters. The summed E-state index contributed by atoms with van der Waals surface area (Å²) in [6, 6.07) is 1.26. The summed E-state index contributed by atoms with van der Waals surface area (Å²) in [6.45, 7) is 0. The number of amides is 1. The third-order valence-corrected chi connectivity index (χ3v) is 4.59. The molecule has 3 rings (SSSR count). The molecule has 1 aliphatic carbocycles. The number of carboxylic acid groups (broad SMARTS) is 1. The Labute approximate surface area is 123 Å². The van der Waals surface area contributed by atoms with Crippen LogP contribution in [0.5, 0.6) is 0 Å². The van der Waals surface area contributed by atoms with E-state index in [-0.39, 0.29) is 16.1 Å². The molecule has 2 aromatic rings. The van der Waals surface area contributed by atoms with Crippen molar-refractivity contribution in [3.63, 3.8) is 0 Å². The van der Waals surface area contributed by atoms with Crippen LogP contribution in [-0.2, 0) is 12.8 Å². The smallest absolute Gasteiger partial charge is 0.339 e. The second kappa shape index (κ2) is 5.25. The fraction of sp³-hybridized carbons (Fsp3) is 0.214. The standard InChI is InChI=1S/C14H11FN2O3S/c15-9-6-16-5-4-7(9)12(18)17-13-11(14(19)20)8-2-1-3-10(8)21-13/h4-6H,1-3H2,(H,17,18)(H,19,20). The number of carboxylic acids is 1. The van der Waals surface area contributed by atoms with Crippen LogP contribution in [0.15, 0.2) is 18.5 Å². The zero-order valence-corrected chi connectivity index (χ0v) is 11.7. The van der Waals surface area contributed by atoms with Gasteiger partial charge in [0.2, 0.25) is 0 Å². The van der Waals surface area contributed by atoms with E-state index in [0.717, 1.165) is 29.5 Å². The molecule has 1 amide bonds. The van der Waals surface area contributed by atoms with Crippen molar-refractivity contribution in [1.82, 2.24) is 4.98 Å². The Kier molecular flexibility index (Phi) is 3.42. The Bertz CT molecular complexity index is 742. The molecular weight excluding hydrogens is 295 g/mol. The third-order valence-electron chi connectivity index (χ3n) is 3.38. The van der Waals surface area contributed by atoms with Gasteiger partial charge in [-0.2, -0.15) is 0 Å². The van der Waals surface area contributed by atoms with Crippen LogP contribution < -0.4 is 5.32 Å². The molecule has 0 saturated carbocycles. The minimum Gasteiger partial charge on any atom is -0.478 e. The molecule has 0 spiro atoms. The summed E-state index contributed by atoms with van der Waals surface area (Å²) >= 11 is 1.25. The van der Waals surface area contributed by atoms with Gasteiger partial charge in [-0.3, -0.25) is 9.78 Å². The largest absolute Gasteiger partial charge is 0.478 e. The molecule has 1 aliphatic rings. The Morgan fingerprint density at radius 1 is 1.38 bits per heavy atom. The average Bonchev–Trinajstić information content (AvgIpc) is 2.98. The maximum absolute atomic E-state index is 13.5. The molecule has 0 saturated heterocycles. The molecule has 2 heterocycles. The van der Waals surface area contributed by atoms with Gasteiger partial charge in [0.15, 0.2) is 5.82 Å². The van der Waals surface area contributed by atoms with Crippen LogP contribution >= 0.6 is 11.3 Å². The van der Waals surface area contributed by atoms with E-state index in [4.69, 9.17) is 0 Å². The number of carbonyl (C=O) groups is 2. The van der Waals surface area contributed by atoms with Crippen LogP contribution in [0.1, 0.15) is 37.6 Å². The van der Waals surface area contributed by atoms with Crippen molar-refractivity contribution in [2.75, 3.05) is 5.32 Å². The van der Waals surface area contributed by atoms with Crippen LogP contribution in [0.2, 0.25) is 0 Å². The fourth-order valence-electron chi connectivity index (χ4n) is 2.45. The lowest BCUT2D eigenvalue weighted by molar-refractivity contribution is 0.0697. The van der Waals surface area contributed by atoms with Gasteiger partial charge in [0.25, 0.3) is 5.91 Å². The van der Waals surface area contributed by atoms with Crippen molar-refractivity contribution < 1.29 is 19.1 Å². The first-order valence-corrected chi connectivity index (χ1v) is 7.18. The van der Waals surface area contributed by atoms with Crippen molar-refractivity contribution in [3.05, 3.63) is 45.8 Å². The predicted octanol–water partition coefficient (Wildman–Crippen LogP) is 2.72. The SMILES string of the molecule is O=C(Nc1sc2c(c1C(=O)O)CCC2)c1ccncc1F. The maximum atomic E-state index is 13.5. The number of aromatic carboxylic acids is 1. The zero-order chi connectivity index (χ0) is 15.0. The molecular formula is C14H11FN2O3S. The number of carbonyl (C=O) groups excluding carboxylic acids is 1. The lowest BCUT2D eigenvalue weighted by Crippen LogP contribution is -2.15. The first-order valence-electron chi connectivity index (χ1n) is 6.36. The highest BCUT2D eigenvalue weighted by molar-refractivity contribution is 7.17. The Morgan fingerprint density at radius 2 is 2.19 bits per heavy atom. The molecule has 0 unspecified atom stereocenters. The minimum absolute atomic E-state index is 0.135. The van der Waals surface area contributed by atoms with Crippen molar-refractivity contribution >= 4 is 28.2 Å². The number of fused-ring (bicyclic) bond motifs is 1. The number of aryl methyl sites for hydroxylation is 1. The molecule has 5 nitrogen and oxygen atoms in total. The second-order valence-electron chi connectivity index (χ2n) is 4.68. The summed E-state index contributed by atoms with van der Waals surface area (Å²) in [5.74, 6) is -2.48. The van der Waals surface area contributed by atoms with E-state index >= 15 is 0 Å². The quantitative estimate of drug-likeness (QED) is 0.914. The van der Waals surface area contributed by atoms with Crippen LogP contribution in [0.3, 0.4) is 0 Å². The minimum atomic E-state index is -1.07. The van der Waals surface area contributed by atoms with E-state index in [1.807, 2.05) is 0 Å². The van der Waals surface area contributed by atoms with Gasteiger partial charge in [0.1, 0.15) is 5.00 Å². The van der Waals surface area contributed by atoms with E-state index in [1.165, 1.54) is 23.6 Å². The number of hydrogen-bond acceptors (Lipinski definition) is 4. The molecule has 2 aromatic heterocycles. The maximum Gasteiger partial charge on any atom is 0.339 e. The number of halogens is 1. The fourth-order valence-corrected chi connectivity index (χ4v) is 3.72. The molecule has 0 radical (unpaired) electrons. The molecule has 108 valence electrons. The zero-order valence-electron chi connectivity index (χ0n) is 10.9. The van der Waals surface area contributed by atoms with Crippen LogP contribution in [0.25, 0.3) is 0 Å². The Balaban J connectivity index is 1.94. The Hall–Kier alpha value is -2.28. The highest BCUT2D eigenvalue weighted by atomic mass is 32.1. The van der Waals surface area contributed by atoms with Crippen molar-refractivity contribution in [1.29, 1.82) is 0 Å². The first kappa shape index (κ1) is 13.7. The summed E-state index contributed by atoms with van der Waals surface area (Å²) in [5, 5.41) is 12.1. The third kappa shape index (κ3) is 2.40. The highest BCUT2D eigenvalue weighted by Crippen LogP contribution is 2.39. The molecule has 0 aromatic carbocycles. The number of nitrogens with one attached hydrogen (secondary N) is 1. The number of hydrogen-bond donors (Lipinski definition) is 2. The molecule has 0 fully saturated rings. The van der Waals surface area contributed by atoms with Gasteiger partial charge in [0.05, 0.1) is 17.3 Å². The predicted molar refractivity (Wildman–Crippen MR) is 75.5 cm³/mol. The molecule has 21 heavy (non-hydrogen) atoms. The molecule has 0 aliphatic heterocycles. The van der Waals surface area contributed by atoms with Crippen LogP contribution in [0.4, 0.5) is 9.39 Å². The van der Waals surface area contributed by atoms with Gasteiger partial charge >= 0.3 is 5.97 Å². The first-order chi connectivity index (χ1) is 10.1. The van der Waals surface area contributed by atoms with Crippen LogP contribution in [-0.4, -0.2) is 22.0 Å². The topological polar surface area (TPSA) is 79.3 Å². The summed E-state index contributed by atoms with van der Waals surface area (Å²) in [4.78, 5) is 28.0. The van der Waals surface area contributed by atoms with E-state index in [0.29, 0.717) is 6.42 Å². The Morgan fingerprint density at radius 3 is 2.90 bits per heavy atom. The number of anilines is 1. The summed E-state index contributed by atoms with van der Waals surface area (Å²) < 4.78 is 13.5. The van der Waals surface area contributed by atoms with Crippen molar-refractivity contribution in [3.8, 4) is 0 Å². The monoisotopic (exact) mass is 306 g/mol. The lowest BCUT2D eigenvalue weighted by Gasteiger charge is -2.06. The van der Waals surface area contributed by atoms with Gasteiger partial charge in [-0.25, -0.2) is 9.18 Å².